The van der Waals surface area contributed by atoms with E-state index in [1.54, 1.807) is 7.05 Å². The van der Waals surface area contributed by atoms with Gasteiger partial charge in [0.2, 0.25) is 17.2 Å². The first-order valence-corrected chi connectivity index (χ1v) is 5.85. The van der Waals surface area contributed by atoms with Crippen molar-refractivity contribution in [3.63, 3.8) is 0 Å². The normalized spacial score (nSPS) is 9.79. The van der Waals surface area contributed by atoms with E-state index in [-0.39, 0.29) is 11.2 Å². The monoisotopic (exact) mass is 274 g/mol. The second-order valence-electron chi connectivity index (χ2n) is 3.88. The Morgan fingerprint density at radius 2 is 1.89 bits per heavy atom. The molecule has 19 heavy (non-hydrogen) atoms. The molecule has 2 rings (SSSR count). The summed E-state index contributed by atoms with van der Waals surface area (Å²) in [6.45, 7) is 2.00. The first kappa shape index (κ1) is 13.1. The van der Waals surface area contributed by atoms with Crippen LogP contribution in [0.5, 0.6) is 0 Å². The van der Waals surface area contributed by atoms with Crippen LogP contribution in [0.2, 0.25) is 5.28 Å². The molecular formula is C12H11ClN6. The lowest BCUT2D eigenvalue weighted by molar-refractivity contribution is 0.992. The Kier molecular flexibility index (Phi) is 3.78. The van der Waals surface area contributed by atoms with Crippen LogP contribution in [0, 0.1) is 18.4 Å². The van der Waals surface area contributed by atoms with E-state index < -0.39 is 0 Å². The zero-order chi connectivity index (χ0) is 13.8. The highest BCUT2D eigenvalue weighted by molar-refractivity contribution is 6.28. The summed E-state index contributed by atoms with van der Waals surface area (Å²) in [5.74, 6) is 0.484. The van der Waals surface area contributed by atoms with E-state index in [9.17, 15) is 0 Å². The van der Waals surface area contributed by atoms with E-state index in [0.29, 0.717) is 5.95 Å². The van der Waals surface area contributed by atoms with E-state index in [4.69, 9.17) is 16.9 Å². The van der Waals surface area contributed by atoms with E-state index in [1.807, 2.05) is 37.4 Å². The summed E-state index contributed by atoms with van der Waals surface area (Å²) in [7, 11) is 1.54. The Morgan fingerprint density at radius 3 is 2.53 bits per heavy atom. The first-order valence-electron chi connectivity index (χ1n) is 5.47. The number of nitrogens with zero attached hydrogens (tertiary/aromatic N) is 5. The molecule has 1 aromatic heterocycles. The van der Waals surface area contributed by atoms with Crippen LogP contribution in [-0.2, 0) is 0 Å². The minimum Gasteiger partial charge on any atom is -0.324 e. The molecule has 0 aliphatic carbocycles. The van der Waals surface area contributed by atoms with Crippen molar-refractivity contribution in [2.75, 3.05) is 17.3 Å². The zero-order valence-corrected chi connectivity index (χ0v) is 11.2. The van der Waals surface area contributed by atoms with Gasteiger partial charge in [-0.05, 0) is 30.7 Å². The van der Waals surface area contributed by atoms with Crippen molar-refractivity contribution in [3.05, 3.63) is 35.1 Å². The summed E-state index contributed by atoms with van der Waals surface area (Å²) in [5, 5.41) is 11.8. The van der Waals surface area contributed by atoms with E-state index in [0.717, 1.165) is 11.3 Å². The number of hydrogen-bond acceptors (Lipinski definition) is 6. The van der Waals surface area contributed by atoms with Crippen LogP contribution in [0.15, 0.2) is 24.3 Å². The lowest BCUT2D eigenvalue weighted by atomic mass is 10.2. The first-order chi connectivity index (χ1) is 9.08. The molecule has 1 aromatic carbocycles. The number of rotatable bonds is 3. The molecule has 0 spiro atoms. The summed E-state index contributed by atoms with van der Waals surface area (Å²) in [5.41, 5.74) is 1.99. The predicted octanol–water partition coefficient (Wildman–Crippen LogP) is 2.49. The van der Waals surface area contributed by atoms with Crippen molar-refractivity contribution < 1.29 is 0 Å². The number of benzene rings is 1. The van der Waals surface area contributed by atoms with Gasteiger partial charge < -0.3 is 5.32 Å². The number of aromatic nitrogens is 3. The van der Waals surface area contributed by atoms with E-state index in [1.165, 1.54) is 4.90 Å². The number of hydrogen-bond donors (Lipinski definition) is 1. The molecule has 0 fully saturated rings. The van der Waals surface area contributed by atoms with Crippen molar-refractivity contribution in [1.82, 2.24) is 15.0 Å². The third kappa shape index (κ3) is 3.30. The van der Waals surface area contributed by atoms with Gasteiger partial charge in [-0.15, -0.1) is 0 Å². The average molecular weight is 275 g/mol. The maximum atomic E-state index is 8.80. The Hall–Kier alpha value is -2.39. The zero-order valence-electron chi connectivity index (χ0n) is 10.4. The van der Waals surface area contributed by atoms with Gasteiger partial charge in [-0.1, -0.05) is 17.7 Å². The van der Waals surface area contributed by atoms with Crippen molar-refractivity contribution in [2.24, 2.45) is 0 Å². The molecule has 1 N–H and O–H groups in total. The van der Waals surface area contributed by atoms with Crippen LogP contribution in [0.4, 0.5) is 17.6 Å². The quantitative estimate of drug-likeness (QED) is 0.684. The summed E-state index contributed by atoms with van der Waals surface area (Å²) >= 11 is 5.80. The fraction of sp³-hybridized carbons (Fsp3) is 0.167. The molecule has 96 valence electrons. The van der Waals surface area contributed by atoms with Crippen molar-refractivity contribution in [2.45, 2.75) is 6.92 Å². The van der Waals surface area contributed by atoms with Crippen LogP contribution in [0.1, 0.15) is 5.56 Å². The molecule has 0 saturated carbocycles. The van der Waals surface area contributed by atoms with Crippen LogP contribution in [-0.4, -0.2) is 22.0 Å². The van der Waals surface area contributed by atoms with Crippen molar-refractivity contribution in [1.29, 1.82) is 5.26 Å². The lowest BCUT2D eigenvalue weighted by Crippen LogP contribution is -2.14. The molecule has 2 aromatic rings. The standard InChI is InChI=1S/C12H11ClN6/c1-8-3-5-9(6-4-8)15-11-16-10(13)17-12(18-11)19(2)7-14/h3-6H,1-2H3,(H,15,16,17,18). The minimum absolute atomic E-state index is 0.0294. The number of nitriles is 1. The van der Waals surface area contributed by atoms with E-state index >= 15 is 0 Å². The fourth-order valence-corrected chi connectivity index (χ4v) is 1.51. The third-order valence-corrected chi connectivity index (χ3v) is 2.52. The largest absolute Gasteiger partial charge is 0.324 e. The highest BCUT2D eigenvalue weighted by Crippen LogP contribution is 2.17. The molecule has 0 aliphatic heterocycles. The van der Waals surface area contributed by atoms with Gasteiger partial charge in [0.1, 0.15) is 0 Å². The van der Waals surface area contributed by atoms with Gasteiger partial charge in [-0.3, -0.25) is 4.90 Å². The maximum Gasteiger partial charge on any atom is 0.244 e. The predicted molar refractivity (Wildman–Crippen MR) is 73.3 cm³/mol. The Bertz CT molecular complexity index is 619. The topological polar surface area (TPSA) is 77.7 Å². The summed E-state index contributed by atoms with van der Waals surface area (Å²) < 4.78 is 0. The van der Waals surface area contributed by atoms with Crippen LogP contribution in [0.25, 0.3) is 0 Å². The van der Waals surface area contributed by atoms with Crippen LogP contribution >= 0.6 is 11.6 Å². The van der Waals surface area contributed by atoms with Gasteiger partial charge in [0.15, 0.2) is 6.19 Å². The van der Waals surface area contributed by atoms with Gasteiger partial charge in [0.25, 0.3) is 0 Å². The average Bonchev–Trinajstić information content (AvgIpc) is 2.40. The third-order valence-electron chi connectivity index (χ3n) is 2.35. The number of nitrogens with one attached hydrogen (secondary N) is 1. The second kappa shape index (κ2) is 5.50. The number of halogens is 1. The smallest absolute Gasteiger partial charge is 0.244 e. The van der Waals surface area contributed by atoms with Crippen LogP contribution in [0.3, 0.4) is 0 Å². The Balaban J connectivity index is 2.28. The lowest BCUT2D eigenvalue weighted by Gasteiger charge is -2.09. The van der Waals surface area contributed by atoms with Crippen molar-refractivity contribution >= 4 is 29.2 Å². The maximum absolute atomic E-state index is 8.80. The molecule has 7 heteroatoms. The van der Waals surface area contributed by atoms with Gasteiger partial charge in [0, 0.05) is 12.7 Å². The molecule has 6 nitrogen and oxygen atoms in total. The summed E-state index contributed by atoms with van der Waals surface area (Å²) in [6, 6.07) is 7.74. The van der Waals surface area contributed by atoms with Gasteiger partial charge in [0.05, 0.1) is 0 Å². The molecule has 0 unspecified atom stereocenters. The van der Waals surface area contributed by atoms with Gasteiger partial charge >= 0.3 is 0 Å². The molecule has 1 heterocycles. The number of anilines is 3. The van der Waals surface area contributed by atoms with Gasteiger partial charge in [-0.25, -0.2) is 0 Å². The summed E-state index contributed by atoms with van der Waals surface area (Å²) in [6.07, 6.45) is 1.90. The molecule has 0 saturated heterocycles. The van der Waals surface area contributed by atoms with Gasteiger partial charge in [-0.2, -0.15) is 20.2 Å². The molecule has 0 bridgehead atoms. The highest BCUT2D eigenvalue weighted by Gasteiger charge is 2.08. The molecule has 0 atom stereocenters. The molecular weight excluding hydrogens is 264 g/mol. The molecule has 0 amide bonds. The van der Waals surface area contributed by atoms with E-state index in [2.05, 4.69) is 20.3 Å². The van der Waals surface area contributed by atoms with Crippen molar-refractivity contribution in [3.8, 4) is 6.19 Å². The minimum atomic E-state index is 0.0294. The Morgan fingerprint density at radius 1 is 1.21 bits per heavy atom. The second-order valence-corrected chi connectivity index (χ2v) is 4.22. The highest BCUT2D eigenvalue weighted by atomic mass is 35.5. The fourth-order valence-electron chi connectivity index (χ4n) is 1.36. The molecule has 0 radical (unpaired) electrons. The summed E-state index contributed by atoms with van der Waals surface area (Å²) in [4.78, 5) is 13.1. The SMILES string of the molecule is Cc1ccc(Nc2nc(Cl)nc(N(C)C#N)n2)cc1. The number of aryl methyl sites for hydroxylation is 1. The molecule has 0 aliphatic rings. The van der Waals surface area contributed by atoms with Crippen LogP contribution < -0.4 is 10.2 Å². The Labute approximate surface area is 115 Å².